The summed E-state index contributed by atoms with van der Waals surface area (Å²) >= 11 is 0. The van der Waals surface area contributed by atoms with Gasteiger partial charge in [0.25, 0.3) is 5.56 Å². The van der Waals surface area contributed by atoms with Gasteiger partial charge in [0.2, 0.25) is 0 Å². The Morgan fingerprint density at radius 3 is 2.37 bits per heavy atom. The van der Waals surface area contributed by atoms with Crippen molar-refractivity contribution in [1.82, 2.24) is 14.7 Å². The molecule has 1 atom stereocenters. The van der Waals surface area contributed by atoms with Gasteiger partial charge in [-0.2, -0.15) is 5.10 Å². The molecule has 0 unspecified atom stereocenters. The predicted octanol–water partition coefficient (Wildman–Crippen LogP) is 4.37. The summed E-state index contributed by atoms with van der Waals surface area (Å²) in [6.45, 7) is 7.01. The van der Waals surface area contributed by atoms with E-state index >= 15 is 0 Å². The summed E-state index contributed by atoms with van der Waals surface area (Å²) < 4.78 is 7.48. The Labute approximate surface area is 206 Å². The summed E-state index contributed by atoms with van der Waals surface area (Å²) in [6.07, 6.45) is 1.29. The monoisotopic (exact) mass is 475 g/mol. The highest BCUT2D eigenvalue weighted by Crippen LogP contribution is 2.40. The van der Waals surface area contributed by atoms with Gasteiger partial charge < -0.3 is 14.7 Å². The number of cyclic esters (lactones) is 1. The third-order valence-electron chi connectivity index (χ3n) is 6.43. The minimum atomic E-state index is -0.973. The minimum Gasteiger partial charge on any atom is -0.438 e. The van der Waals surface area contributed by atoms with Crippen LogP contribution < -0.4 is 5.56 Å². The largest absolute Gasteiger partial charge is 0.438 e. The Morgan fingerprint density at radius 2 is 1.74 bits per heavy atom. The number of ether oxygens (including phenoxy) is 1. The molecular weight excluding hydrogens is 442 g/mol. The molecule has 0 aliphatic carbocycles. The normalized spacial score (nSPS) is 18.4. The molecule has 1 N–H and O–H groups in total. The van der Waals surface area contributed by atoms with Crippen molar-refractivity contribution >= 4 is 6.09 Å². The van der Waals surface area contributed by atoms with Gasteiger partial charge in [-0.15, -0.1) is 0 Å². The molecule has 2 heterocycles. The van der Waals surface area contributed by atoms with Crippen molar-refractivity contribution in [3.8, 4) is 11.3 Å². The van der Waals surface area contributed by atoms with Crippen LogP contribution in [0.4, 0.5) is 4.79 Å². The van der Waals surface area contributed by atoms with Gasteiger partial charge in [-0.25, -0.2) is 9.48 Å². The Balaban J connectivity index is 1.41. The number of aromatic nitrogens is 2. The van der Waals surface area contributed by atoms with Crippen LogP contribution in [-0.4, -0.2) is 44.6 Å². The van der Waals surface area contributed by atoms with Gasteiger partial charge >= 0.3 is 6.09 Å². The van der Waals surface area contributed by atoms with Crippen molar-refractivity contribution < 1.29 is 14.6 Å². The summed E-state index contributed by atoms with van der Waals surface area (Å²) in [5.74, 6) is 0. The Morgan fingerprint density at radius 1 is 1.03 bits per heavy atom. The average Bonchev–Trinajstić information content (AvgIpc) is 2.84. The van der Waals surface area contributed by atoms with Gasteiger partial charge in [0.15, 0.2) is 0 Å². The lowest BCUT2D eigenvalue weighted by atomic mass is 9.80. The third-order valence-corrected chi connectivity index (χ3v) is 6.43. The second-order valence-corrected chi connectivity index (χ2v) is 9.77. The molecule has 4 rings (SSSR count). The number of benzene rings is 2. The third kappa shape index (κ3) is 5.80. The van der Waals surface area contributed by atoms with E-state index in [-0.39, 0.29) is 11.7 Å². The molecule has 1 saturated heterocycles. The fraction of sp³-hybridized carbons (Fsp3) is 0.393. The fourth-order valence-electron chi connectivity index (χ4n) is 4.70. The van der Waals surface area contributed by atoms with Crippen LogP contribution in [0.25, 0.3) is 11.3 Å². The number of aliphatic hydroxyl groups is 1. The van der Waals surface area contributed by atoms with Gasteiger partial charge in [0.1, 0.15) is 5.60 Å². The first-order valence-electron chi connectivity index (χ1n) is 12.1. The second-order valence-electron chi connectivity index (χ2n) is 9.77. The van der Waals surface area contributed by atoms with Crippen LogP contribution in [0, 0.1) is 0 Å². The molecule has 1 fully saturated rings. The number of carbonyl (C=O) groups is 1. The lowest BCUT2D eigenvalue weighted by Gasteiger charge is -2.44. The molecule has 7 nitrogen and oxygen atoms in total. The van der Waals surface area contributed by atoms with E-state index in [0.717, 1.165) is 22.4 Å². The molecule has 3 aromatic rings. The Kier molecular flexibility index (Phi) is 7.08. The highest BCUT2D eigenvalue weighted by atomic mass is 16.6. The van der Waals surface area contributed by atoms with E-state index in [1.165, 1.54) is 10.7 Å². The molecule has 0 radical (unpaired) electrons. The molecule has 35 heavy (non-hydrogen) atoms. The quantitative estimate of drug-likeness (QED) is 0.523. The van der Waals surface area contributed by atoms with Gasteiger partial charge in [-0.1, -0.05) is 54.6 Å². The number of carbonyl (C=O) groups excluding carboxylic acids is 1. The van der Waals surface area contributed by atoms with Crippen molar-refractivity contribution in [2.24, 2.45) is 0 Å². The minimum absolute atomic E-state index is 0.111. The first-order valence-corrected chi connectivity index (χ1v) is 12.1. The SMILES string of the molecule is CCn1nc(-c2ccc(CCN3CC[C@](CC(C)(C)O)(c4ccccc4)OC3=O)cc2)ccc1=O. The topological polar surface area (TPSA) is 84.7 Å². The number of amides is 1. The lowest BCUT2D eigenvalue weighted by molar-refractivity contribution is -0.0960. The first-order chi connectivity index (χ1) is 16.7. The zero-order valence-electron chi connectivity index (χ0n) is 20.6. The zero-order chi connectivity index (χ0) is 25.1. The maximum Gasteiger partial charge on any atom is 0.410 e. The highest BCUT2D eigenvalue weighted by molar-refractivity contribution is 5.69. The van der Waals surface area contributed by atoms with E-state index in [0.29, 0.717) is 38.9 Å². The van der Waals surface area contributed by atoms with Crippen molar-refractivity contribution in [1.29, 1.82) is 0 Å². The highest BCUT2D eigenvalue weighted by Gasteiger charge is 2.45. The van der Waals surface area contributed by atoms with Crippen molar-refractivity contribution in [3.05, 3.63) is 88.2 Å². The molecule has 1 amide bonds. The lowest BCUT2D eigenvalue weighted by Crippen LogP contribution is -2.51. The number of hydrogen-bond acceptors (Lipinski definition) is 5. The molecule has 0 bridgehead atoms. The molecule has 0 spiro atoms. The first kappa shape index (κ1) is 24.7. The van der Waals surface area contributed by atoms with Crippen molar-refractivity contribution in [2.45, 2.75) is 57.8 Å². The van der Waals surface area contributed by atoms with Crippen LogP contribution in [0.15, 0.2) is 71.5 Å². The number of aryl methyl sites for hydroxylation is 1. The van der Waals surface area contributed by atoms with Gasteiger partial charge in [-0.05, 0) is 44.4 Å². The smallest absolute Gasteiger partial charge is 0.410 e. The zero-order valence-corrected chi connectivity index (χ0v) is 20.6. The molecule has 1 aromatic heterocycles. The van der Waals surface area contributed by atoms with Crippen LogP contribution in [0.2, 0.25) is 0 Å². The maximum atomic E-state index is 13.0. The Hall–Kier alpha value is -3.45. The molecular formula is C28H33N3O4. The van der Waals surface area contributed by atoms with Gasteiger partial charge in [0.05, 0.1) is 11.3 Å². The second kappa shape index (κ2) is 10.0. The number of nitrogens with zero attached hydrogens (tertiary/aromatic N) is 3. The molecule has 184 valence electrons. The van der Waals surface area contributed by atoms with Crippen molar-refractivity contribution in [2.75, 3.05) is 13.1 Å². The van der Waals surface area contributed by atoms with E-state index < -0.39 is 11.2 Å². The summed E-state index contributed by atoms with van der Waals surface area (Å²) in [5.41, 5.74) is 1.78. The van der Waals surface area contributed by atoms with Crippen LogP contribution in [0.1, 0.15) is 44.7 Å². The number of rotatable bonds is 8. The summed E-state index contributed by atoms with van der Waals surface area (Å²) in [6, 6.07) is 21.0. The van der Waals surface area contributed by atoms with Crippen LogP contribution in [-0.2, 0) is 23.3 Å². The van der Waals surface area contributed by atoms with E-state index in [4.69, 9.17) is 4.74 Å². The molecule has 2 aromatic carbocycles. The maximum absolute atomic E-state index is 13.0. The predicted molar refractivity (Wildman–Crippen MR) is 135 cm³/mol. The fourth-order valence-corrected chi connectivity index (χ4v) is 4.70. The van der Waals surface area contributed by atoms with E-state index in [2.05, 4.69) is 5.10 Å². The summed E-state index contributed by atoms with van der Waals surface area (Å²) in [4.78, 5) is 26.5. The van der Waals surface area contributed by atoms with Crippen LogP contribution >= 0.6 is 0 Å². The van der Waals surface area contributed by atoms with Gasteiger partial charge in [0, 0.05) is 44.1 Å². The summed E-state index contributed by atoms with van der Waals surface area (Å²) in [7, 11) is 0. The van der Waals surface area contributed by atoms with E-state index in [9.17, 15) is 14.7 Å². The molecule has 7 heteroatoms. The average molecular weight is 476 g/mol. The molecule has 1 aliphatic rings. The van der Waals surface area contributed by atoms with Crippen LogP contribution in [0.5, 0.6) is 0 Å². The summed E-state index contributed by atoms with van der Waals surface area (Å²) in [5, 5.41) is 14.9. The Bertz CT molecular complexity index is 1220. The molecule has 0 saturated carbocycles. The van der Waals surface area contributed by atoms with Crippen LogP contribution in [0.3, 0.4) is 0 Å². The van der Waals surface area contributed by atoms with Crippen molar-refractivity contribution in [3.63, 3.8) is 0 Å². The van der Waals surface area contributed by atoms with Gasteiger partial charge in [-0.3, -0.25) is 4.79 Å². The van der Waals surface area contributed by atoms with E-state index in [1.807, 2.05) is 61.5 Å². The standard InChI is InChI=1S/C28H33N3O4/c1-4-31-25(32)15-14-24(29-31)22-12-10-21(11-13-22)16-18-30-19-17-28(35-26(30)33,20-27(2,3)34)23-8-6-5-7-9-23/h5-15,34H,4,16-20H2,1-3H3/t28-/m0/s1. The van der Waals surface area contributed by atoms with E-state index in [1.54, 1.807) is 24.8 Å². The molecule has 1 aliphatic heterocycles. The number of hydrogen-bond donors (Lipinski definition) is 1.